The predicted octanol–water partition coefficient (Wildman–Crippen LogP) is 2.29. The van der Waals surface area contributed by atoms with Crippen molar-refractivity contribution in [1.29, 1.82) is 0 Å². The summed E-state index contributed by atoms with van der Waals surface area (Å²) >= 11 is 0. The van der Waals surface area contributed by atoms with Crippen molar-refractivity contribution in [1.82, 2.24) is 0 Å². The van der Waals surface area contributed by atoms with Gasteiger partial charge in [0, 0.05) is 6.04 Å². The Kier molecular flexibility index (Phi) is 2.26. The van der Waals surface area contributed by atoms with E-state index >= 15 is 0 Å². The van der Waals surface area contributed by atoms with E-state index in [1.165, 1.54) is 6.07 Å². The number of benzene rings is 1. The van der Waals surface area contributed by atoms with E-state index in [2.05, 4.69) is 9.47 Å². The molecule has 1 saturated carbocycles. The van der Waals surface area contributed by atoms with Crippen molar-refractivity contribution in [2.24, 2.45) is 11.7 Å². The van der Waals surface area contributed by atoms with E-state index in [0.29, 0.717) is 12.0 Å². The monoisotopic (exact) mass is 241 g/mol. The second kappa shape index (κ2) is 3.57. The summed E-state index contributed by atoms with van der Waals surface area (Å²) < 4.78 is 34.3. The van der Waals surface area contributed by atoms with E-state index in [-0.39, 0.29) is 11.5 Å². The largest absolute Gasteiger partial charge is 0.586 e. The molecule has 1 aliphatic heterocycles. The van der Waals surface area contributed by atoms with Crippen LogP contribution in [-0.4, -0.2) is 12.3 Å². The van der Waals surface area contributed by atoms with E-state index in [1.54, 1.807) is 12.1 Å². The lowest BCUT2D eigenvalue weighted by atomic mass is 9.77. The maximum absolute atomic E-state index is 12.8. The highest BCUT2D eigenvalue weighted by atomic mass is 19.3. The normalized spacial score (nSPS) is 28.9. The highest BCUT2D eigenvalue weighted by Gasteiger charge is 2.43. The Morgan fingerprint density at radius 1 is 1.24 bits per heavy atom. The summed E-state index contributed by atoms with van der Waals surface area (Å²) in [7, 11) is 0. The average molecular weight is 241 g/mol. The maximum atomic E-state index is 12.8. The first kappa shape index (κ1) is 10.8. The lowest BCUT2D eigenvalue weighted by Crippen LogP contribution is -2.37. The summed E-state index contributed by atoms with van der Waals surface area (Å²) in [5.41, 5.74) is 6.69. The van der Waals surface area contributed by atoms with Crippen LogP contribution in [0.2, 0.25) is 0 Å². The first-order valence-corrected chi connectivity index (χ1v) is 5.66. The van der Waals surface area contributed by atoms with E-state index in [4.69, 9.17) is 5.73 Å². The molecule has 1 aromatic carbocycles. The first-order chi connectivity index (χ1) is 8.02. The quantitative estimate of drug-likeness (QED) is 0.864. The van der Waals surface area contributed by atoms with E-state index in [1.807, 2.05) is 0 Å². The Hall–Kier alpha value is -1.36. The van der Waals surface area contributed by atoms with Crippen LogP contribution in [0.25, 0.3) is 0 Å². The van der Waals surface area contributed by atoms with E-state index < -0.39 is 6.29 Å². The van der Waals surface area contributed by atoms with Gasteiger partial charge < -0.3 is 15.2 Å². The van der Waals surface area contributed by atoms with Crippen LogP contribution in [0.1, 0.15) is 18.4 Å². The van der Waals surface area contributed by atoms with Gasteiger partial charge in [0.05, 0.1) is 0 Å². The fourth-order valence-corrected chi connectivity index (χ4v) is 2.41. The van der Waals surface area contributed by atoms with Gasteiger partial charge in [-0.25, -0.2) is 0 Å². The minimum absolute atomic E-state index is 0.101. The third-order valence-corrected chi connectivity index (χ3v) is 3.26. The van der Waals surface area contributed by atoms with Crippen LogP contribution in [0.5, 0.6) is 11.5 Å². The van der Waals surface area contributed by atoms with Crippen molar-refractivity contribution < 1.29 is 18.3 Å². The van der Waals surface area contributed by atoms with Crippen molar-refractivity contribution >= 4 is 0 Å². The molecule has 0 bridgehead atoms. The summed E-state index contributed by atoms with van der Waals surface area (Å²) in [5.74, 6) is 0.783. The second-order valence-corrected chi connectivity index (χ2v) is 4.75. The van der Waals surface area contributed by atoms with Gasteiger partial charge in [-0.3, -0.25) is 0 Å². The molecule has 0 atom stereocenters. The lowest BCUT2D eigenvalue weighted by molar-refractivity contribution is -0.286. The van der Waals surface area contributed by atoms with Crippen LogP contribution < -0.4 is 15.2 Å². The van der Waals surface area contributed by atoms with Gasteiger partial charge in [0.2, 0.25) is 0 Å². The number of halogens is 2. The molecule has 3 rings (SSSR count). The van der Waals surface area contributed by atoms with Gasteiger partial charge in [-0.1, -0.05) is 6.07 Å². The van der Waals surface area contributed by atoms with Crippen LogP contribution >= 0.6 is 0 Å². The fourth-order valence-electron chi connectivity index (χ4n) is 2.41. The summed E-state index contributed by atoms with van der Waals surface area (Å²) in [6.07, 6.45) is -0.662. The van der Waals surface area contributed by atoms with Crippen molar-refractivity contribution in [3.63, 3.8) is 0 Å². The molecular weight excluding hydrogens is 228 g/mol. The molecule has 1 heterocycles. The van der Waals surface area contributed by atoms with Crippen LogP contribution in [-0.2, 0) is 6.42 Å². The number of ether oxygens (including phenoxy) is 2. The van der Waals surface area contributed by atoms with Gasteiger partial charge in [-0.2, -0.15) is 0 Å². The Labute approximate surface area is 97.5 Å². The molecule has 17 heavy (non-hydrogen) atoms. The van der Waals surface area contributed by atoms with Crippen molar-refractivity contribution in [2.75, 3.05) is 0 Å². The summed E-state index contributed by atoms with van der Waals surface area (Å²) in [6, 6.07) is 5.26. The molecule has 1 aliphatic carbocycles. The van der Waals surface area contributed by atoms with Gasteiger partial charge >= 0.3 is 6.29 Å². The van der Waals surface area contributed by atoms with Gasteiger partial charge in [0.15, 0.2) is 11.5 Å². The number of rotatable bonds is 2. The molecule has 92 valence electrons. The molecule has 3 nitrogen and oxygen atoms in total. The second-order valence-electron chi connectivity index (χ2n) is 4.75. The van der Waals surface area contributed by atoms with Crippen molar-refractivity contribution in [2.45, 2.75) is 31.6 Å². The van der Waals surface area contributed by atoms with Crippen LogP contribution in [0.4, 0.5) is 8.78 Å². The first-order valence-electron chi connectivity index (χ1n) is 5.66. The van der Waals surface area contributed by atoms with Gasteiger partial charge in [-0.05, 0) is 42.9 Å². The molecule has 1 aromatic rings. The molecule has 0 unspecified atom stereocenters. The molecule has 0 saturated heterocycles. The molecule has 5 heteroatoms. The third-order valence-electron chi connectivity index (χ3n) is 3.26. The van der Waals surface area contributed by atoms with Gasteiger partial charge in [-0.15, -0.1) is 8.78 Å². The third kappa shape index (κ3) is 2.07. The van der Waals surface area contributed by atoms with Crippen molar-refractivity contribution in [3.8, 4) is 11.5 Å². The van der Waals surface area contributed by atoms with Crippen LogP contribution in [0, 0.1) is 5.92 Å². The SMILES string of the molecule is NC1CC(Cc2ccc3c(c2)OC(F)(F)O3)C1. The highest BCUT2D eigenvalue weighted by molar-refractivity contribution is 5.45. The number of hydrogen-bond donors (Lipinski definition) is 1. The van der Waals surface area contributed by atoms with Crippen LogP contribution in [0.3, 0.4) is 0 Å². The Bertz CT molecular complexity index is 444. The summed E-state index contributed by atoms with van der Waals surface area (Å²) in [4.78, 5) is 0. The van der Waals surface area contributed by atoms with Gasteiger partial charge in [0.25, 0.3) is 0 Å². The molecule has 1 fully saturated rings. The Morgan fingerprint density at radius 2 is 1.94 bits per heavy atom. The fraction of sp³-hybridized carbons (Fsp3) is 0.500. The molecule has 0 amide bonds. The average Bonchev–Trinajstić information content (AvgIpc) is 2.48. The predicted molar refractivity (Wildman–Crippen MR) is 57.0 cm³/mol. The highest BCUT2D eigenvalue weighted by Crippen LogP contribution is 2.42. The minimum Gasteiger partial charge on any atom is -0.395 e. The zero-order valence-electron chi connectivity index (χ0n) is 9.16. The topological polar surface area (TPSA) is 44.5 Å². The number of nitrogens with two attached hydrogens (primary N) is 1. The van der Waals surface area contributed by atoms with E-state index in [9.17, 15) is 8.78 Å². The number of alkyl halides is 2. The standard InChI is InChI=1S/C12H13F2NO2/c13-12(14)16-10-2-1-7(6-11(10)17-12)3-8-4-9(15)5-8/h1-2,6,8-9H,3-5,15H2. The summed E-state index contributed by atoms with van der Waals surface area (Å²) in [6.45, 7) is 0. The molecular formula is C12H13F2NO2. The zero-order valence-corrected chi connectivity index (χ0v) is 9.16. The molecule has 2 N–H and O–H groups in total. The van der Waals surface area contributed by atoms with Crippen molar-refractivity contribution in [3.05, 3.63) is 23.8 Å². The molecule has 2 aliphatic rings. The molecule has 0 aromatic heterocycles. The zero-order chi connectivity index (χ0) is 12.0. The van der Waals surface area contributed by atoms with E-state index in [0.717, 1.165) is 24.8 Å². The molecule has 0 radical (unpaired) electrons. The maximum Gasteiger partial charge on any atom is 0.586 e. The molecule has 0 spiro atoms. The summed E-state index contributed by atoms with van der Waals surface area (Å²) in [5, 5.41) is 0. The number of hydrogen-bond acceptors (Lipinski definition) is 3. The Morgan fingerprint density at radius 3 is 2.65 bits per heavy atom. The smallest absolute Gasteiger partial charge is 0.395 e. The Balaban J connectivity index is 1.72. The number of fused-ring (bicyclic) bond motifs is 1. The van der Waals surface area contributed by atoms with Gasteiger partial charge in [0.1, 0.15) is 0 Å². The minimum atomic E-state index is -3.53. The lowest BCUT2D eigenvalue weighted by Gasteiger charge is -2.32. The van der Waals surface area contributed by atoms with Crippen LogP contribution in [0.15, 0.2) is 18.2 Å².